The van der Waals surface area contributed by atoms with Gasteiger partial charge in [-0.3, -0.25) is 4.79 Å². The van der Waals surface area contributed by atoms with E-state index in [2.05, 4.69) is 42.0 Å². The van der Waals surface area contributed by atoms with Crippen LogP contribution in [0.2, 0.25) is 0 Å². The molecule has 0 aliphatic heterocycles. The summed E-state index contributed by atoms with van der Waals surface area (Å²) in [4.78, 5) is 11.7. The van der Waals surface area contributed by atoms with Gasteiger partial charge >= 0.3 is 0 Å². The number of hydrogen-bond acceptors (Lipinski definition) is 2. The third kappa shape index (κ3) is 5.30. The van der Waals surface area contributed by atoms with Crippen LogP contribution in [0.5, 0.6) is 0 Å². The molecule has 0 aromatic carbocycles. The Morgan fingerprint density at radius 3 is 2.19 bits per heavy atom. The van der Waals surface area contributed by atoms with E-state index < -0.39 is 0 Å². The molecular weight excluding hydrogens is 270 g/mol. The molecule has 0 aliphatic carbocycles. The van der Waals surface area contributed by atoms with Crippen molar-refractivity contribution in [2.75, 3.05) is 6.61 Å². The van der Waals surface area contributed by atoms with E-state index in [1.54, 1.807) is 0 Å². The van der Waals surface area contributed by atoms with E-state index in [0.29, 0.717) is 6.42 Å². The summed E-state index contributed by atoms with van der Waals surface area (Å²) in [5, 5.41) is 12.0. The first-order chi connectivity index (χ1) is 7.20. The van der Waals surface area contributed by atoms with Crippen molar-refractivity contribution < 1.29 is 9.90 Å². The minimum Gasteiger partial charge on any atom is -0.396 e. The SMILES string of the molecule is CC(C)C(Br)C(=O)NC(CCO)C(C)(C)C. The van der Waals surface area contributed by atoms with E-state index in [1.807, 2.05) is 13.8 Å². The quantitative estimate of drug-likeness (QED) is 0.765. The van der Waals surface area contributed by atoms with E-state index in [1.165, 1.54) is 0 Å². The van der Waals surface area contributed by atoms with Crippen LogP contribution in [0, 0.1) is 11.3 Å². The summed E-state index contributed by atoms with van der Waals surface area (Å²) in [5.74, 6) is 0.262. The number of nitrogens with one attached hydrogen (secondary N) is 1. The number of halogens is 1. The second kappa shape index (κ2) is 6.60. The largest absolute Gasteiger partial charge is 0.396 e. The maximum Gasteiger partial charge on any atom is 0.234 e. The molecule has 0 aromatic heterocycles. The zero-order chi connectivity index (χ0) is 12.9. The highest BCUT2D eigenvalue weighted by Gasteiger charge is 2.28. The van der Waals surface area contributed by atoms with Gasteiger partial charge < -0.3 is 10.4 Å². The van der Waals surface area contributed by atoms with Gasteiger partial charge in [-0.15, -0.1) is 0 Å². The number of carbonyl (C=O) groups is 1. The normalized spacial score (nSPS) is 16.0. The first-order valence-corrected chi connectivity index (χ1v) is 6.67. The first kappa shape index (κ1) is 15.9. The van der Waals surface area contributed by atoms with Crippen LogP contribution >= 0.6 is 15.9 Å². The standard InChI is InChI=1S/C12H24BrNO2/c1-8(2)10(13)11(16)14-9(6-7-15)12(3,4)5/h8-10,15H,6-7H2,1-5H3,(H,14,16). The molecule has 0 aromatic rings. The van der Waals surface area contributed by atoms with Crippen molar-refractivity contribution in [3.05, 3.63) is 0 Å². The third-order valence-corrected chi connectivity index (χ3v) is 4.09. The molecule has 0 fully saturated rings. The number of amides is 1. The van der Waals surface area contributed by atoms with Crippen LogP contribution in [0.1, 0.15) is 41.0 Å². The van der Waals surface area contributed by atoms with Crippen LogP contribution in [0.3, 0.4) is 0 Å². The van der Waals surface area contributed by atoms with Crippen molar-refractivity contribution in [1.82, 2.24) is 5.32 Å². The second-order valence-corrected chi connectivity index (χ2v) is 6.57. The zero-order valence-corrected chi connectivity index (χ0v) is 12.5. The molecule has 2 atom stereocenters. The molecule has 0 saturated heterocycles. The highest BCUT2D eigenvalue weighted by atomic mass is 79.9. The lowest BCUT2D eigenvalue weighted by molar-refractivity contribution is -0.122. The lowest BCUT2D eigenvalue weighted by atomic mass is 9.84. The summed E-state index contributed by atoms with van der Waals surface area (Å²) in [7, 11) is 0. The maximum atomic E-state index is 11.9. The molecular formula is C12H24BrNO2. The molecule has 0 bridgehead atoms. The fraction of sp³-hybridized carbons (Fsp3) is 0.917. The zero-order valence-electron chi connectivity index (χ0n) is 10.9. The minimum absolute atomic E-state index is 0.00313. The van der Waals surface area contributed by atoms with Gasteiger partial charge in [0.15, 0.2) is 0 Å². The molecule has 2 unspecified atom stereocenters. The molecule has 4 heteroatoms. The van der Waals surface area contributed by atoms with E-state index in [-0.39, 0.29) is 34.7 Å². The number of rotatable bonds is 5. The predicted molar refractivity (Wildman–Crippen MR) is 70.6 cm³/mol. The fourth-order valence-electron chi connectivity index (χ4n) is 1.40. The van der Waals surface area contributed by atoms with Gasteiger partial charge in [-0.25, -0.2) is 0 Å². The lowest BCUT2D eigenvalue weighted by Gasteiger charge is -2.32. The van der Waals surface area contributed by atoms with Gasteiger partial charge in [0, 0.05) is 12.6 Å². The van der Waals surface area contributed by atoms with Crippen LogP contribution in [-0.2, 0) is 4.79 Å². The Bertz CT molecular complexity index is 224. The van der Waals surface area contributed by atoms with Crippen molar-refractivity contribution in [2.24, 2.45) is 11.3 Å². The summed E-state index contributed by atoms with van der Waals surface area (Å²) in [6.45, 7) is 10.3. The number of carbonyl (C=O) groups excluding carboxylic acids is 1. The number of aliphatic hydroxyl groups excluding tert-OH is 1. The molecule has 0 spiro atoms. The van der Waals surface area contributed by atoms with E-state index in [9.17, 15) is 4.79 Å². The van der Waals surface area contributed by atoms with Crippen LogP contribution in [-0.4, -0.2) is 28.5 Å². The monoisotopic (exact) mass is 293 g/mol. The molecule has 0 rings (SSSR count). The van der Waals surface area contributed by atoms with Gasteiger partial charge in [0.25, 0.3) is 0 Å². The number of hydrogen-bond donors (Lipinski definition) is 2. The Hall–Kier alpha value is -0.0900. The molecule has 0 heterocycles. The average molecular weight is 294 g/mol. The average Bonchev–Trinajstić information content (AvgIpc) is 2.14. The van der Waals surface area contributed by atoms with Gasteiger partial charge in [-0.2, -0.15) is 0 Å². The summed E-state index contributed by atoms with van der Waals surface area (Å²) in [6.07, 6.45) is 0.590. The van der Waals surface area contributed by atoms with Gasteiger partial charge in [0.1, 0.15) is 0 Å². The van der Waals surface area contributed by atoms with Crippen molar-refractivity contribution in [2.45, 2.75) is 51.9 Å². The van der Waals surface area contributed by atoms with E-state index in [0.717, 1.165) is 0 Å². The Morgan fingerprint density at radius 2 is 1.88 bits per heavy atom. The predicted octanol–water partition coefficient (Wildman–Crippen LogP) is 2.32. The van der Waals surface area contributed by atoms with Gasteiger partial charge in [-0.05, 0) is 17.8 Å². The molecule has 1 amide bonds. The molecule has 0 saturated carbocycles. The second-order valence-electron chi connectivity index (χ2n) is 5.59. The highest BCUT2D eigenvalue weighted by molar-refractivity contribution is 9.10. The van der Waals surface area contributed by atoms with E-state index >= 15 is 0 Å². The first-order valence-electron chi connectivity index (χ1n) is 5.75. The Balaban J connectivity index is 4.46. The Labute approximate surface area is 107 Å². The Kier molecular flexibility index (Phi) is 6.56. The highest BCUT2D eigenvalue weighted by Crippen LogP contribution is 2.22. The summed E-state index contributed by atoms with van der Waals surface area (Å²) in [5.41, 5.74) is -0.0396. The van der Waals surface area contributed by atoms with Gasteiger partial charge in [-0.1, -0.05) is 50.5 Å². The van der Waals surface area contributed by atoms with E-state index in [4.69, 9.17) is 5.11 Å². The minimum atomic E-state index is -0.170. The third-order valence-electron chi connectivity index (χ3n) is 2.62. The molecule has 3 nitrogen and oxygen atoms in total. The maximum absolute atomic E-state index is 11.9. The van der Waals surface area contributed by atoms with Crippen LogP contribution in [0.15, 0.2) is 0 Å². The topological polar surface area (TPSA) is 49.3 Å². The molecule has 16 heavy (non-hydrogen) atoms. The fourth-order valence-corrected chi connectivity index (χ4v) is 1.54. The van der Waals surface area contributed by atoms with Crippen molar-refractivity contribution in [3.63, 3.8) is 0 Å². The van der Waals surface area contributed by atoms with Crippen molar-refractivity contribution in [1.29, 1.82) is 0 Å². The lowest BCUT2D eigenvalue weighted by Crippen LogP contribution is -2.47. The van der Waals surface area contributed by atoms with Gasteiger partial charge in [0.05, 0.1) is 4.83 Å². The summed E-state index contributed by atoms with van der Waals surface area (Å²) < 4.78 is 0. The summed E-state index contributed by atoms with van der Waals surface area (Å²) >= 11 is 3.38. The molecule has 96 valence electrons. The van der Waals surface area contributed by atoms with Gasteiger partial charge in [0.2, 0.25) is 5.91 Å². The Morgan fingerprint density at radius 1 is 1.38 bits per heavy atom. The van der Waals surface area contributed by atoms with Crippen molar-refractivity contribution in [3.8, 4) is 0 Å². The smallest absolute Gasteiger partial charge is 0.234 e. The summed E-state index contributed by atoms with van der Waals surface area (Å²) in [6, 6.07) is 0.00352. The molecule has 2 N–H and O–H groups in total. The van der Waals surface area contributed by atoms with Crippen molar-refractivity contribution >= 4 is 21.8 Å². The molecule has 0 radical (unpaired) electrons. The van der Waals surface area contributed by atoms with Crippen LogP contribution in [0.4, 0.5) is 0 Å². The number of aliphatic hydroxyl groups is 1. The van der Waals surface area contributed by atoms with Crippen LogP contribution in [0.25, 0.3) is 0 Å². The number of alkyl halides is 1. The molecule has 0 aliphatic rings. The van der Waals surface area contributed by atoms with Crippen LogP contribution < -0.4 is 5.32 Å².